The zero-order valence-electron chi connectivity index (χ0n) is 5.19. The first-order valence-corrected chi connectivity index (χ1v) is 2.83. The minimum Gasteiger partial charge on any atom is -0.335 e. The number of aromatic nitrogens is 3. The van der Waals surface area contributed by atoms with Crippen molar-refractivity contribution in [2.75, 3.05) is 0 Å². The first-order chi connectivity index (χ1) is 4.92. The summed E-state index contributed by atoms with van der Waals surface area (Å²) in [5.41, 5.74) is 1.38. The molecule has 0 radical (unpaired) electrons. The molecule has 0 saturated carbocycles. The van der Waals surface area contributed by atoms with Crippen LogP contribution < -0.4 is 0 Å². The van der Waals surface area contributed by atoms with Crippen LogP contribution in [0.1, 0.15) is 0 Å². The van der Waals surface area contributed by atoms with Crippen molar-refractivity contribution in [1.82, 2.24) is 14.9 Å². The van der Waals surface area contributed by atoms with Gasteiger partial charge in [0.15, 0.2) is 0 Å². The molecule has 2 rings (SSSR count). The molecule has 0 unspecified atom stereocenters. The molecule has 2 aromatic rings. The third kappa shape index (κ3) is 0.500. The van der Waals surface area contributed by atoms with Crippen molar-refractivity contribution < 1.29 is 4.52 Å². The highest BCUT2D eigenvalue weighted by atomic mass is 16.5. The summed E-state index contributed by atoms with van der Waals surface area (Å²) < 4.78 is 6.51. The largest absolute Gasteiger partial charge is 0.335 e. The van der Waals surface area contributed by atoms with E-state index in [9.17, 15) is 0 Å². The van der Waals surface area contributed by atoms with Crippen LogP contribution in [-0.4, -0.2) is 14.9 Å². The number of hydrogen-bond acceptors (Lipinski definition) is 3. The van der Waals surface area contributed by atoms with Crippen LogP contribution in [0.5, 0.6) is 0 Å². The summed E-state index contributed by atoms with van der Waals surface area (Å²) in [5, 5.41) is 7.10. The van der Waals surface area contributed by atoms with E-state index in [0.29, 0.717) is 11.2 Å². The molecule has 2 aromatic heterocycles. The SMILES string of the molecule is C=Cn1ccc2onnc21. The summed E-state index contributed by atoms with van der Waals surface area (Å²) in [7, 11) is 0. The average molecular weight is 135 g/mol. The Morgan fingerprint density at radius 2 is 2.60 bits per heavy atom. The molecule has 0 saturated heterocycles. The van der Waals surface area contributed by atoms with Gasteiger partial charge in [0, 0.05) is 23.7 Å². The predicted molar refractivity (Wildman–Crippen MR) is 36.2 cm³/mol. The molecular weight excluding hydrogens is 130 g/mol. The van der Waals surface area contributed by atoms with Gasteiger partial charge in [0.1, 0.15) is 0 Å². The molecule has 0 spiro atoms. The minimum atomic E-state index is 0.680. The maximum Gasteiger partial charge on any atom is 0.208 e. The highest BCUT2D eigenvalue weighted by molar-refractivity contribution is 5.70. The van der Waals surface area contributed by atoms with Gasteiger partial charge in [-0.15, -0.1) is 0 Å². The standard InChI is InChI=1S/C6H5N3O/c1-2-9-4-3-5-6(9)7-8-10-5/h2-4H,1H2. The fourth-order valence-electron chi connectivity index (χ4n) is 0.843. The summed E-state index contributed by atoms with van der Waals surface area (Å²) in [6.07, 6.45) is 3.46. The van der Waals surface area contributed by atoms with Gasteiger partial charge in [-0.3, -0.25) is 0 Å². The first kappa shape index (κ1) is 5.22. The van der Waals surface area contributed by atoms with Crippen molar-refractivity contribution in [2.45, 2.75) is 0 Å². The molecule has 0 atom stereocenters. The Morgan fingerprint density at radius 3 is 3.40 bits per heavy atom. The highest BCUT2D eigenvalue weighted by Gasteiger charge is 2.02. The molecule has 0 bridgehead atoms. The normalized spacial score (nSPS) is 10.4. The molecule has 50 valence electrons. The Hall–Kier alpha value is -1.58. The van der Waals surface area contributed by atoms with E-state index in [-0.39, 0.29) is 0 Å². The second-order valence-electron chi connectivity index (χ2n) is 1.87. The third-order valence-electron chi connectivity index (χ3n) is 1.32. The predicted octanol–water partition coefficient (Wildman–Crippen LogP) is 1.12. The Bertz CT molecular complexity index is 360. The fraction of sp³-hybridized carbons (Fsp3) is 0. The van der Waals surface area contributed by atoms with E-state index in [1.807, 2.05) is 6.20 Å². The van der Waals surface area contributed by atoms with Gasteiger partial charge in [-0.05, 0) is 0 Å². The van der Waals surface area contributed by atoms with Crippen molar-refractivity contribution in [1.29, 1.82) is 0 Å². The second-order valence-corrected chi connectivity index (χ2v) is 1.87. The van der Waals surface area contributed by atoms with Crippen molar-refractivity contribution in [3.05, 3.63) is 18.8 Å². The van der Waals surface area contributed by atoms with E-state index in [4.69, 9.17) is 4.52 Å². The zero-order chi connectivity index (χ0) is 6.97. The van der Waals surface area contributed by atoms with Crippen LogP contribution in [0.25, 0.3) is 17.4 Å². The van der Waals surface area contributed by atoms with Crippen molar-refractivity contribution in [3.8, 4) is 0 Å². The van der Waals surface area contributed by atoms with Gasteiger partial charge in [0.2, 0.25) is 11.2 Å². The maximum absolute atomic E-state index is 4.77. The average Bonchev–Trinajstić information content (AvgIpc) is 2.44. The van der Waals surface area contributed by atoms with Gasteiger partial charge >= 0.3 is 0 Å². The van der Waals surface area contributed by atoms with Crippen LogP contribution in [-0.2, 0) is 0 Å². The Kier molecular flexibility index (Phi) is 0.887. The molecule has 0 aliphatic heterocycles. The lowest BCUT2D eigenvalue weighted by Crippen LogP contribution is -1.81. The third-order valence-corrected chi connectivity index (χ3v) is 1.32. The van der Waals surface area contributed by atoms with Crippen LogP contribution in [0, 0.1) is 0 Å². The molecule has 4 nitrogen and oxygen atoms in total. The maximum atomic E-state index is 4.77. The Morgan fingerprint density at radius 1 is 1.70 bits per heavy atom. The Labute approximate surface area is 56.7 Å². The summed E-state index contributed by atoms with van der Waals surface area (Å²) in [6.45, 7) is 3.59. The summed E-state index contributed by atoms with van der Waals surface area (Å²) in [6, 6.07) is 1.79. The molecule has 0 fully saturated rings. The van der Waals surface area contributed by atoms with Crippen molar-refractivity contribution in [3.63, 3.8) is 0 Å². The molecule has 0 aromatic carbocycles. The van der Waals surface area contributed by atoms with Crippen molar-refractivity contribution >= 4 is 17.4 Å². The van der Waals surface area contributed by atoms with E-state index in [2.05, 4.69) is 16.9 Å². The zero-order valence-corrected chi connectivity index (χ0v) is 5.19. The van der Waals surface area contributed by atoms with Gasteiger partial charge in [-0.2, -0.15) is 0 Å². The topological polar surface area (TPSA) is 43.9 Å². The monoisotopic (exact) mass is 135 g/mol. The van der Waals surface area contributed by atoms with Crippen LogP contribution >= 0.6 is 0 Å². The lowest BCUT2D eigenvalue weighted by molar-refractivity contribution is 0.423. The van der Waals surface area contributed by atoms with Gasteiger partial charge in [0.25, 0.3) is 0 Å². The number of rotatable bonds is 1. The molecule has 0 amide bonds. The van der Waals surface area contributed by atoms with Gasteiger partial charge in [-0.1, -0.05) is 11.7 Å². The molecule has 0 aliphatic carbocycles. The molecule has 2 heterocycles. The number of nitrogens with zero attached hydrogens (tertiary/aromatic N) is 3. The van der Waals surface area contributed by atoms with E-state index >= 15 is 0 Å². The van der Waals surface area contributed by atoms with Gasteiger partial charge in [0.05, 0.1) is 0 Å². The van der Waals surface area contributed by atoms with E-state index < -0.39 is 0 Å². The summed E-state index contributed by atoms with van der Waals surface area (Å²) >= 11 is 0. The quantitative estimate of drug-likeness (QED) is 0.588. The fourth-order valence-corrected chi connectivity index (χ4v) is 0.843. The van der Waals surface area contributed by atoms with Crippen LogP contribution in [0.3, 0.4) is 0 Å². The molecule has 4 heteroatoms. The smallest absolute Gasteiger partial charge is 0.208 e. The van der Waals surface area contributed by atoms with Crippen LogP contribution in [0.15, 0.2) is 23.4 Å². The number of fused-ring (bicyclic) bond motifs is 1. The summed E-state index contributed by atoms with van der Waals surface area (Å²) in [5.74, 6) is 0. The first-order valence-electron chi connectivity index (χ1n) is 2.83. The van der Waals surface area contributed by atoms with E-state index in [1.165, 1.54) is 0 Å². The van der Waals surface area contributed by atoms with Crippen LogP contribution in [0.4, 0.5) is 0 Å². The minimum absolute atomic E-state index is 0.680. The van der Waals surface area contributed by atoms with E-state index in [0.717, 1.165) is 0 Å². The highest BCUT2D eigenvalue weighted by Crippen LogP contribution is 2.10. The molecule has 0 aliphatic rings. The Balaban J connectivity index is 2.88. The lowest BCUT2D eigenvalue weighted by Gasteiger charge is -1.85. The lowest BCUT2D eigenvalue weighted by atomic mass is 10.6. The summed E-state index contributed by atoms with van der Waals surface area (Å²) in [4.78, 5) is 0. The van der Waals surface area contributed by atoms with Gasteiger partial charge < -0.3 is 9.09 Å². The molecule has 0 N–H and O–H groups in total. The van der Waals surface area contributed by atoms with Crippen LogP contribution in [0.2, 0.25) is 0 Å². The van der Waals surface area contributed by atoms with Crippen molar-refractivity contribution in [2.24, 2.45) is 0 Å². The molecule has 10 heavy (non-hydrogen) atoms. The second kappa shape index (κ2) is 1.70. The van der Waals surface area contributed by atoms with Gasteiger partial charge in [-0.25, -0.2) is 0 Å². The van der Waals surface area contributed by atoms with E-state index in [1.54, 1.807) is 16.8 Å². The molecular formula is C6H5N3O. The number of hydrogen-bond donors (Lipinski definition) is 0.